The lowest BCUT2D eigenvalue weighted by Gasteiger charge is -2.55. The average Bonchev–Trinajstić information content (AvgIpc) is 2.83. The smallest absolute Gasteiger partial charge is 0.350 e. The first-order valence-electron chi connectivity index (χ1n) is 12.0. The second-order valence-corrected chi connectivity index (χ2v) is 10.9. The summed E-state index contributed by atoms with van der Waals surface area (Å²) in [6.45, 7) is 4.38. The minimum Gasteiger partial charge on any atom is -0.507 e. The van der Waals surface area contributed by atoms with Crippen molar-refractivity contribution in [3.63, 3.8) is 0 Å². The lowest BCUT2D eigenvalue weighted by Crippen LogP contribution is -2.57. The van der Waals surface area contributed by atoms with Crippen molar-refractivity contribution in [2.75, 3.05) is 11.9 Å². The number of halogens is 1. The van der Waals surface area contributed by atoms with E-state index in [-0.39, 0.29) is 28.4 Å². The molecule has 9 heteroatoms. The van der Waals surface area contributed by atoms with Gasteiger partial charge in [-0.3, -0.25) is 4.57 Å². The number of nitrogens with zero attached hydrogens (tertiary/aromatic N) is 6. The van der Waals surface area contributed by atoms with E-state index in [4.69, 9.17) is 0 Å². The highest BCUT2D eigenvalue weighted by Gasteiger charge is 2.54. The van der Waals surface area contributed by atoms with Crippen molar-refractivity contribution in [2.45, 2.75) is 58.2 Å². The Morgan fingerprint density at radius 2 is 1.97 bits per heavy atom. The zero-order valence-corrected chi connectivity index (χ0v) is 20.6. The Morgan fingerprint density at radius 1 is 1.17 bits per heavy atom. The van der Waals surface area contributed by atoms with Crippen LogP contribution in [-0.2, 0) is 7.05 Å². The molecule has 1 N–H and O–H groups in total. The molecule has 2 heterocycles. The zero-order valence-electron chi connectivity index (χ0n) is 20.6. The standard InChI is InChI=1S/C26H31FN6O2/c1-25-10-5-11-26(2,14-25)22(27)19(13-25)33(4)21-9-8-18(30-31-21)17-7-6-16(12-20(17)34)23-28-15-32(3)24(35)29-23/h6-9,12,15,19,22,34H,5,10-11,13-14H2,1-4H3/t19-,22-,25-,26-/m1/s1. The number of phenolic OH excluding ortho intramolecular Hbond substituents is 1. The first kappa shape index (κ1) is 23.4. The lowest BCUT2D eigenvalue weighted by molar-refractivity contribution is -0.0540. The van der Waals surface area contributed by atoms with Crippen LogP contribution in [0.1, 0.15) is 46.0 Å². The molecule has 0 amide bonds. The van der Waals surface area contributed by atoms with Crippen LogP contribution in [0.2, 0.25) is 0 Å². The molecule has 4 atom stereocenters. The molecule has 1 aromatic carbocycles. The van der Waals surface area contributed by atoms with Gasteiger partial charge in [0.05, 0.1) is 11.7 Å². The molecule has 0 radical (unpaired) electrons. The number of phenols is 1. The van der Waals surface area contributed by atoms with Crippen molar-refractivity contribution < 1.29 is 9.50 Å². The molecule has 0 spiro atoms. The Balaban J connectivity index is 1.38. The summed E-state index contributed by atoms with van der Waals surface area (Å²) in [6.07, 6.45) is 5.37. The summed E-state index contributed by atoms with van der Waals surface area (Å²) in [4.78, 5) is 21.8. The van der Waals surface area contributed by atoms with Gasteiger partial charge in [0.2, 0.25) is 0 Å². The van der Waals surface area contributed by atoms with Gasteiger partial charge in [-0.25, -0.2) is 14.2 Å². The van der Waals surface area contributed by atoms with Gasteiger partial charge in [0.25, 0.3) is 0 Å². The highest BCUT2D eigenvalue weighted by Crippen LogP contribution is 2.57. The van der Waals surface area contributed by atoms with Crippen molar-refractivity contribution in [1.29, 1.82) is 0 Å². The number of hydrogen-bond acceptors (Lipinski definition) is 7. The Bertz CT molecular complexity index is 1310. The van der Waals surface area contributed by atoms with E-state index in [2.05, 4.69) is 34.0 Å². The fourth-order valence-electron chi connectivity index (χ4n) is 6.13. The summed E-state index contributed by atoms with van der Waals surface area (Å²) in [5, 5.41) is 19.3. The number of anilines is 1. The van der Waals surface area contributed by atoms with Crippen LogP contribution in [0.25, 0.3) is 22.6 Å². The average molecular weight is 479 g/mol. The summed E-state index contributed by atoms with van der Waals surface area (Å²) in [7, 11) is 3.46. The van der Waals surface area contributed by atoms with Crippen molar-refractivity contribution in [3.8, 4) is 28.4 Å². The molecule has 184 valence electrons. The van der Waals surface area contributed by atoms with Crippen molar-refractivity contribution >= 4 is 5.82 Å². The topological polar surface area (TPSA) is 97.0 Å². The summed E-state index contributed by atoms with van der Waals surface area (Å²) < 4.78 is 17.0. The molecule has 35 heavy (non-hydrogen) atoms. The third-order valence-corrected chi connectivity index (χ3v) is 7.96. The van der Waals surface area contributed by atoms with Gasteiger partial charge < -0.3 is 10.0 Å². The van der Waals surface area contributed by atoms with Gasteiger partial charge in [-0.1, -0.05) is 26.3 Å². The lowest BCUT2D eigenvalue weighted by atomic mass is 9.54. The maximum atomic E-state index is 15.7. The third kappa shape index (κ3) is 4.17. The maximum absolute atomic E-state index is 15.7. The molecular weight excluding hydrogens is 447 g/mol. The number of alkyl halides is 1. The number of rotatable bonds is 4. The fraction of sp³-hybridized carbons (Fsp3) is 0.500. The van der Waals surface area contributed by atoms with Crippen LogP contribution < -0.4 is 10.6 Å². The number of aryl methyl sites for hydroxylation is 1. The van der Waals surface area contributed by atoms with E-state index in [0.717, 1.165) is 32.1 Å². The van der Waals surface area contributed by atoms with E-state index < -0.39 is 11.9 Å². The van der Waals surface area contributed by atoms with Crippen molar-refractivity contribution in [1.82, 2.24) is 24.7 Å². The number of aromatic hydroxyl groups is 1. The SMILES string of the molecule is CN(c1ccc(-c2ccc(-c3ncn(C)c(=O)n3)cc2O)nn1)[C@@H]1C[C@@]2(C)CCC[C@](C)(C2)[C@@H]1F. The Morgan fingerprint density at radius 3 is 2.66 bits per heavy atom. The zero-order chi connectivity index (χ0) is 25.0. The third-order valence-electron chi connectivity index (χ3n) is 7.96. The van der Waals surface area contributed by atoms with Gasteiger partial charge in [-0.05, 0) is 55.4 Å². The minimum atomic E-state index is -0.920. The molecule has 0 aliphatic heterocycles. The quantitative estimate of drug-likeness (QED) is 0.602. The second-order valence-electron chi connectivity index (χ2n) is 10.9. The summed E-state index contributed by atoms with van der Waals surface area (Å²) in [5.41, 5.74) is 0.943. The van der Waals surface area contributed by atoms with Crippen LogP contribution in [-0.4, -0.2) is 49.1 Å². The number of fused-ring (bicyclic) bond motifs is 2. The van der Waals surface area contributed by atoms with Gasteiger partial charge in [-0.15, -0.1) is 10.2 Å². The molecule has 3 aromatic rings. The highest BCUT2D eigenvalue weighted by molar-refractivity contribution is 5.72. The molecule has 8 nitrogen and oxygen atoms in total. The van der Waals surface area contributed by atoms with Crippen molar-refractivity contribution in [2.24, 2.45) is 17.9 Å². The molecule has 2 saturated carbocycles. The molecule has 2 aliphatic carbocycles. The Labute approximate surface area is 203 Å². The van der Waals surface area contributed by atoms with E-state index in [9.17, 15) is 9.90 Å². The van der Waals surface area contributed by atoms with E-state index in [1.807, 2.05) is 18.0 Å². The largest absolute Gasteiger partial charge is 0.507 e. The highest BCUT2D eigenvalue weighted by atomic mass is 19.1. The molecular formula is C26H31FN6O2. The summed E-state index contributed by atoms with van der Waals surface area (Å²) in [6, 6.07) is 8.28. The maximum Gasteiger partial charge on any atom is 0.350 e. The molecule has 2 bridgehead atoms. The Hall–Kier alpha value is -3.36. The minimum absolute atomic E-state index is 0.0213. The molecule has 2 aliphatic rings. The molecule has 0 unspecified atom stereocenters. The monoisotopic (exact) mass is 478 g/mol. The number of aromatic nitrogens is 5. The van der Waals surface area contributed by atoms with Gasteiger partial charge in [0.15, 0.2) is 11.6 Å². The van der Waals surface area contributed by atoms with E-state index in [0.29, 0.717) is 22.6 Å². The summed E-state index contributed by atoms with van der Waals surface area (Å²) in [5.74, 6) is 0.823. The molecule has 5 rings (SSSR count). The van der Waals surface area contributed by atoms with Gasteiger partial charge >= 0.3 is 5.69 Å². The number of benzene rings is 1. The fourth-order valence-corrected chi connectivity index (χ4v) is 6.13. The first-order valence-corrected chi connectivity index (χ1v) is 12.0. The molecule has 2 fully saturated rings. The predicted octanol–water partition coefficient (Wildman–Crippen LogP) is 4.14. The van der Waals surface area contributed by atoms with Crippen LogP contribution in [0.15, 0.2) is 41.5 Å². The Kier molecular flexibility index (Phi) is 5.61. The van der Waals surface area contributed by atoms with Gasteiger partial charge in [-0.2, -0.15) is 4.98 Å². The predicted molar refractivity (Wildman–Crippen MR) is 132 cm³/mol. The van der Waals surface area contributed by atoms with Gasteiger partial charge in [0.1, 0.15) is 18.2 Å². The van der Waals surface area contributed by atoms with E-state index in [1.165, 1.54) is 17.0 Å². The normalized spacial score (nSPS) is 28.0. The van der Waals surface area contributed by atoms with Crippen molar-refractivity contribution in [3.05, 3.63) is 47.1 Å². The van der Waals surface area contributed by atoms with Crippen LogP contribution in [0.4, 0.5) is 10.2 Å². The molecule has 0 saturated heterocycles. The van der Waals surface area contributed by atoms with Crippen LogP contribution in [0.5, 0.6) is 5.75 Å². The second kappa shape index (κ2) is 8.39. The first-order chi connectivity index (χ1) is 16.6. The number of hydrogen-bond donors (Lipinski definition) is 1. The summed E-state index contributed by atoms with van der Waals surface area (Å²) >= 11 is 0. The van der Waals surface area contributed by atoms with Gasteiger partial charge in [0, 0.05) is 30.6 Å². The van der Waals surface area contributed by atoms with E-state index >= 15 is 4.39 Å². The van der Waals surface area contributed by atoms with Crippen LogP contribution >= 0.6 is 0 Å². The molecule has 2 aromatic heterocycles. The van der Waals surface area contributed by atoms with Crippen LogP contribution in [0.3, 0.4) is 0 Å². The van der Waals surface area contributed by atoms with Crippen LogP contribution in [0, 0.1) is 10.8 Å². The van der Waals surface area contributed by atoms with E-state index in [1.54, 1.807) is 25.2 Å².